The van der Waals surface area contributed by atoms with Crippen molar-refractivity contribution in [3.05, 3.63) is 30.1 Å². The van der Waals surface area contributed by atoms with Crippen molar-refractivity contribution in [2.45, 2.75) is 39.7 Å². The smallest absolute Gasteiger partial charge is 0.211 e. The molecule has 0 aliphatic heterocycles. The van der Waals surface area contributed by atoms with Gasteiger partial charge in [0.05, 0.1) is 16.8 Å². The number of unbranched alkanes of at least 4 members (excludes halogenated alkanes) is 1. The molecule has 0 fully saturated rings. The van der Waals surface area contributed by atoms with Crippen molar-refractivity contribution >= 4 is 21.1 Å². The van der Waals surface area contributed by atoms with E-state index in [2.05, 4.69) is 14.3 Å². The van der Waals surface area contributed by atoms with Crippen LogP contribution in [-0.2, 0) is 16.6 Å². The highest BCUT2D eigenvalue weighted by molar-refractivity contribution is 7.89. The predicted molar refractivity (Wildman–Crippen MR) is 85.8 cm³/mol. The summed E-state index contributed by atoms with van der Waals surface area (Å²) in [5, 5.41) is 0. The number of sulfonamides is 1. The van der Waals surface area contributed by atoms with Gasteiger partial charge in [0.15, 0.2) is 0 Å². The first-order valence-corrected chi connectivity index (χ1v) is 9.08. The van der Waals surface area contributed by atoms with E-state index in [0.717, 1.165) is 36.2 Å². The molecule has 2 rings (SSSR count). The summed E-state index contributed by atoms with van der Waals surface area (Å²) in [4.78, 5) is 4.51. The van der Waals surface area contributed by atoms with E-state index in [1.807, 2.05) is 38.1 Å². The van der Waals surface area contributed by atoms with Gasteiger partial charge in [-0.05, 0) is 31.9 Å². The summed E-state index contributed by atoms with van der Waals surface area (Å²) in [5.41, 5.74) is 2.09. The van der Waals surface area contributed by atoms with Crippen LogP contribution in [0.3, 0.4) is 0 Å². The van der Waals surface area contributed by atoms with Gasteiger partial charge in [0.1, 0.15) is 5.82 Å². The van der Waals surface area contributed by atoms with Crippen molar-refractivity contribution in [3.63, 3.8) is 0 Å². The second-order valence-electron chi connectivity index (χ2n) is 5.22. The zero-order chi connectivity index (χ0) is 15.3. The number of rotatable bonds is 8. The molecule has 0 atom stereocenters. The summed E-state index contributed by atoms with van der Waals surface area (Å²) in [7, 11) is -3.11. The molecule has 0 bridgehead atoms. The van der Waals surface area contributed by atoms with Crippen LogP contribution in [0.15, 0.2) is 24.3 Å². The lowest BCUT2D eigenvalue weighted by atomic mass is 10.3. The molecule has 21 heavy (non-hydrogen) atoms. The van der Waals surface area contributed by atoms with Crippen molar-refractivity contribution in [2.75, 3.05) is 12.3 Å². The minimum Gasteiger partial charge on any atom is -0.328 e. The minimum absolute atomic E-state index is 0.219. The Hall–Kier alpha value is -1.40. The molecule has 1 heterocycles. The minimum atomic E-state index is -3.11. The first-order chi connectivity index (χ1) is 10.0. The third-order valence-electron chi connectivity index (χ3n) is 3.49. The molecule has 116 valence electrons. The first kappa shape index (κ1) is 16.0. The van der Waals surface area contributed by atoms with Gasteiger partial charge >= 0.3 is 0 Å². The quantitative estimate of drug-likeness (QED) is 0.762. The highest BCUT2D eigenvalue weighted by Crippen LogP contribution is 2.15. The van der Waals surface area contributed by atoms with E-state index < -0.39 is 10.0 Å². The number of hydrogen-bond donors (Lipinski definition) is 1. The van der Waals surface area contributed by atoms with Crippen LogP contribution in [0.25, 0.3) is 11.0 Å². The van der Waals surface area contributed by atoms with Gasteiger partial charge in [0.25, 0.3) is 0 Å². The van der Waals surface area contributed by atoms with E-state index in [-0.39, 0.29) is 5.75 Å². The molecule has 0 unspecified atom stereocenters. The lowest BCUT2D eigenvalue weighted by Crippen LogP contribution is -2.28. The van der Waals surface area contributed by atoms with Crippen molar-refractivity contribution in [1.29, 1.82) is 0 Å². The molecule has 0 saturated carbocycles. The summed E-state index contributed by atoms with van der Waals surface area (Å²) in [6.07, 6.45) is 2.36. The fourth-order valence-electron chi connectivity index (χ4n) is 2.35. The Kier molecular flexibility index (Phi) is 5.36. The highest BCUT2D eigenvalue weighted by atomic mass is 32.2. The second-order valence-corrected chi connectivity index (χ2v) is 7.15. The normalized spacial score (nSPS) is 12.1. The fraction of sp³-hybridized carbons (Fsp3) is 0.533. The van der Waals surface area contributed by atoms with Crippen LogP contribution in [-0.4, -0.2) is 30.3 Å². The van der Waals surface area contributed by atoms with Gasteiger partial charge < -0.3 is 4.57 Å². The standard InChI is InChI=1S/C15H23N3O2S/c1-3-4-12-21(19,20)16-10-7-11-18-13(2)17-14-8-5-6-9-15(14)18/h5-6,8-9,16H,3-4,7,10-12H2,1-2H3. The van der Waals surface area contributed by atoms with E-state index in [1.165, 1.54) is 0 Å². The average Bonchev–Trinajstić information content (AvgIpc) is 2.77. The van der Waals surface area contributed by atoms with Crippen molar-refractivity contribution < 1.29 is 8.42 Å². The molecular formula is C15H23N3O2S. The largest absolute Gasteiger partial charge is 0.328 e. The number of aryl methyl sites for hydroxylation is 2. The van der Waals surface area contributed by atoms with Crippen LogP contribution in [0.4, 0.5) is 0 Å². The van der Waals surface area contributed by atoms with Gasteiger partial charge in [-0.25, -0.2) is 18.1 Å². The van der Waals surface area contributed by atoms with Crippen molar-refractivity contribution in [1.82, 2.24) is 14.3 Å². The molecule has 5 nitrogen and oxygen atoms in total. The molecule has 0 radical (unpaired) electrons. The third-order valence-corrected chi connectivity index (χ3v) is 4.96. The maximum Gasteiger partial charge on any atom is 0.211 e. The topological polar surface area (TPSA) is 64.0 Å². The van der Waals surface area contributed by atoms with E-state index in [4.69, 9.17) is 0 Å². The molecule has 1 aromatic heterocycles. The zero-order valence-electron chi connectivity index (χ0n) is 12.7. The van der Waals surface area contributed by atoms with Crippen LogP contribution in [0.5, 0.6) is 0 Å². The van der Waals surface area contributed by atoms with Gasteiger partial charge in [-0.1, -0.05) is 25.5 Å². The molecule has 0 amide bonds. The van der Waals surface area contributed by atoms with Crippen LogP contribution in [0.1, 0.15) is 32.0 Å². The number of benzene rings is 1. The summed E-state index contributed by atoms with van der Waals surface area (Å²) in [5.74, 6) is 1.18. The van der Waals surface area contributed by atoms with Gasteiger partial charge in [-0.15, -0.1) is 0 Å². The Balaban J connectivity index is 1.90. The van der Waals surface area contributed by atoms with E-state index in [0.29, 0.717) is 13.0 Å². The number of nitrogens with one attached hydrogen (secondary N) is 1. The molecule has 0 saturated heterocycles. The van der Waals surface area contributed by atoms with Gasteiger partial charge in [0, 0.05) is 13.1 Å². The Morgan fingerprint density at radius 1 is 1.24 bits per heavy atom. The van der Waals surface area contributed by atoms with Crippen LogP contribution in [0, 0.1) is 6.92 Å². The number of aromatic nitrogens is 2. The van der Waals surface area contributed by atoms with Gasteiger partial charge in [0.2, 0.25) is 10.0 Å². The molecular weight excluding hydrogens is 286 g/mol. The predicted octanol–water partition coefficient (Wildman–Crippen LogP) is 2.45. The Morgan fingerprint density at radius 2 is 2.00 bits per heavy atom. The number of hydrogen-bond acceptors (Lipinski definition) is 3. The molecule has 2 aromatic rings. The number of para-hydroxylation sites is 2. The van der Waals surface area contributed by atoms with Crippen LogP contribution < -0.4 is 4.72 Å². The van der Waals surface area contributed by atoms with E-state index >= 15 is 0 Å². The third kappa shape index (κ3) is 4.28. The van der Waals surface area contributed by atoms with Crippen LogP contribution in [0.2, 0.25) is 0 Å². The first-order valence-electron chi connectivity index (χ1n) is 7.42. The van der Waals surface area contributed by atoms with E-state index in [9.17, 15) is 8.42 Å². The molecule has 0 aliphatic rings. The zero-order valence-corrected chi connectivity index (χ0v) is 13.5. The molecule has 6 heteroatoms. The maximum atomic E-state index is 11.7. The SMILES string of the molecule is CCCCS(=O)(=O)NCCCn1c(C)nc2ccccc21. The fourth-order valence-corrected chi connectivity index (χ4v) is 3.62. The molecule has 0 spiro atoms. The Bertz CT molecular complexity index is 692. The Morgan fingerprint density at radius 3 is 2.76 bits per heavy atom. The maximum absolute atomic E-state index is 11.7. The van der Waals surface area contributed by atoms with Gasteiger partial charge in [-0.2, -0.15) is 0 Å². The lowest BCUT2D eigenvalue weighted by Gasteiger charge is -2.08. The molecule has 1 N–H and O–H groups in total. The van der Waals surface area contributed by atoms with Crippen molar-refractivity contribution in [2.24, 2.45) is 0 Å². The second kappa shape index (κ2) is 7.04. The molecule has 1 aromatic carbocycles. The lowest BCUT2D eigenvalue weighted by molar-refractivity contribution is 0.567. The summed E-state index contributed by atoms with van der Waals surface area (Å²) >= 11 is 0. The van der Waals surface area contributed by atoms with E-state index in [1.54, 1.807) is 0 Å². The summed E-state index contributed by atoms with van der Waals surface area (Å²) in [6, 6.07) is 8.00. The summed E-state index contributed by atoms with van der Waals surface area (Å²) in [6.45, 7) is 5.20. The number of nitrogens with zero attached hydrogens (tertiary/aromatic N) is 2. The van der Waals surface area contributed by atoms with Crippen molar-refractivity contribution in [3.8, 4) is 0 Å². The number of imidazole rings is 1. The van der Waals surface area contributed by atoms with Crippen LogP contribution >= 0.6 is 0 Å². The highest BCUT2D eigenvalue weighted by Gasteiger charge is 2.09. The average molecular weight is 309 g/mol. The number of fused-ring (bicyclic) bond motifs is 1. The monoisotopic (exact) mass is 309 g/mol. The van der Waals surface area contributed by atoms with Gasteiger partial charge in [-0.3, -0.25) is 0 Å². The molecule has 0 aliphatic carbocycles. The Labute approximate surface area is 126 Å². The summed E-state index contributed by atoms with van der Waals surface area (Å²) < 4.78 is 28.2.